The molecule has 1 aliphatic heterocycles. The first-order valence-corrected chi connectivity index (χ1v) is 8.31. The van der Waals surface area contributed by atoms with Gasteiger partial charge in [-0.05, 0) is 22.8 Å². The molecule has 1 aliphatic rings. The van der Waals surface area contributed by atoms with E-state index in [1.165, 1.54) is 0 Å². The van der Waals surface area contributed by atoms with Crippen LogP contribution in [0.4, 0.5) is 0 Å². The summed E-state index contributed by atoms with van der Waals surface area (Å²) in [4.78, 5) is 23.6. The van der Waals surface area contributed by atoms with Crippen molar-refractivity contribution in [2.75, 3.05) is 26.4 Å². The summed E-state index contributed by atoms with van der Waals surface area (Å²) < 4.78 is 10.5. The first-order valence-electron chi connectivity index (χ1n) is 8.31. The molecular weight excluding hydrogens is 322 g/mol. The topological polar surface area (TPSA) is 84.9 Å². The predicted molar refractivity (Wildman–Crippen MR) is 92.3 cm³/mol. The largest absolute Gasteiger partial charge is 0.481 e. The quantitative estimate of drug-likeness (QED) is 0.832. The summed E-state index contributed by atoms with van der Waals surface area (Å²) in [6.07, 6.45) is -0.313. The molecule has 3 rings (SSSR count). The lowest BCUT2D eigenvalue weighted by Gasteiger charge is -2.23. The van der Waals surface area contributed by atoms with Gasteiger partial charge in [0.05, 0.1) is 25.7 Å². The number of benzene rings is 2. The van der Waals surface area contributed by atoms with E-state index < -0.39 is 18.0 Å². The maximum Gasteiger partial charge on any atom is 0.308 e. The minimum absolute atomic E-state index is 0.0564. The van der Waals surface area contributed by atoms with Gasteiger partial charge in [-0.1, -0.05) is 42.5 Å². The highest BCUT2D eigenvalue weighted by atomic mass is 16.6. The van der Waals surface area contributed by atoms with E-state index in [-0.39, 0.29) is 19.1 Å². The van der Waals surface area contributed by atoms with Crippen LogP contribution < -0.4 is 5.32 Å². The number of ether oxygens (including phenoxy) is 2. The molecular formula is C19H21NO5. The number of hydrogen-bond acceptors (Lipinski definition) is 4. The zero-order chi connectivity index (χ0) is 17.6. The third-order valence-electron chi connectivity index (χ3n) is 4.28. The van der Waals surface area contributed by atoms with Crippen LogP contribution in [-0.4, -0.2) is 49.5 Å². The molecule has 1 amide bonds. The zero-order valence-electron chi connectivity index (χ0n) is 13.8. The lowest BCUT2D eigenvalue weighted by atomic mass is 9.97. The van der Waals surface area contributed by atoms with Crippen molar-refractivity contribution in [2.24, 2.45) is 5.92 Å². The first kappa shape index (κ1) is 17.4. The average molecular weight is 343 g/mol. The highest BCUT2D eigenvalue weighted by Gasteiger charge is 2.25. The molecule has 0 saturated carbocycles. The number of aliphatic carboxylic acids is 1. The van der Waals surface area contributed by atoms with E-state index in [0.717, 1.165) is 16.3 Å². The van der Waals surface area contributed by atoms with Crippen molar-refractivity contribution in [1.29, 1.82) is 0 Å². The number of hydrogen-bond donors (Lipinski definition) is 2. The molecule has 2 N–H and O–H groups in total. The highest BCUT2D eigenvalue weighted by Crippen LogP contribution is 2.18. The van der Waals surface area contributed by atoms with Crippen molar-refractivity contribution in [1.82, 2.24) is 5.32 Å². The van der Waals surface area contributed by atoms with E-state index in [2.05, 4.69) is 5.32 Å². The lowest BCUT2D eigenvalue weighted by molar-refractivity contribution is -0.148. The van der Waals surface area contributed by atoms with E-state index in [1.807, 2.05) is 42.5 Å². The van der Waals surface area contributed by atoms with Gasteiger partial charge in [0, 0.05) is 6.54 Å². The van der Waals surface area contributed by atoms with E-state index >= 15 is 0 Å². The Hall–Kier alpha value is -2.44. The van der Waals surface area contributed by atoms with Crippen molar-refractivity contribution >= 4 is 22.6 Å². The van der Waals surface area contributed by atoms with Crippen LogP contribution in [0.5, 0.6) is 0 Å². The summed E-state index contributed by atoms with van der Waals surface area (Å²) in [5.41, 5.74) is 0.928. The van der Waals surface area contributed by atoms with Gasteiger partial charge in [-0.15, -0.1) is 0 Å². The molecule has 6 heteroatoms. The molecule has 2 aromatic rings. The molecule has 2 atom stereocenters. The average Bonchev–Trinajstić information content (AvgIpc) is 2.65. The molecule has 0 radical (unpaired) electrons. The number of carbonyl (C=O) groups excluding carboxylic acids is 1. The molecule has 132 valence electrons. The van der Waals surface area contributed by atoms with Crippen LogP contribution in [0.15, 0.2) is 42.5 Å². The molecule has 1 heterocycles. The number of carboxylic acid groups (broad SMARTS) is 1. The third kappa shape index (κ3) is 4.55. The van der Waals surface area contributed by atoms with Crippen LogP contribution >= 0.6 is 0 Å². The van der Waals surface area contributed by atoms with Crippen LogP contribution in [0.1, 0.15) is 5.56 Å². The second kappa shape index (κ2) is 8.09. The minimum Gasteiger partial charge on any atom is -0.481 e. The maximum atomic E-state index is 12.0. The van der Waals surface area contributed by atoms with E-state index in [4.69, 9.17) is 9.47 Å². The van der Waals surface area contributed by atoms with Gasteiger partial charge >= 0.3 is 5.97 Å². The summed E-state index contributed by atoms with van der Waals surface area (Å²) in [6, 6.07) is 13.8. The molecule has 25 heavy (non-hydrogen) atoms. The lowest BCUT2D eigenvalue weighted by Crippen LogP contribution is -2.45. The molecule has 1 saturated heterocycles. The van der Waals surface area contributed by atoms with Gasteiger partial charge in [0.2, 0.25) is 0 Å². The monoisotopic (exact) mass is 343 g/mol. The fourth-order valence-corrected chi connectivity index (χ4v) is 2.87. The van der Waals surface area contributed by atoms with Gasteiger partial charge in [0.15, 0.2) is 6.10 Å². The number of carbonyl (C=O) groups is 2. The van der Waals surface area contributed by atoms with Gasteiger partial charge in [-0.3, -0.25) is 9.59 Å². The summed E-state index contributed by atoms with van der Waals surface area (Å²) in [7, 11) is 0. The normalized spacial score (nSPS) is 18.6. The number of carboxylic acids is 1. The Balaban J connectivity index is 1.62. The molecule has 0 bridgehead atoms. The standard InChI is InChI=1S/C19H21NO5/c21-18(17-12-24-7-8-25-17)20-11-16(19(22)23)10-13-5-6-14-3-1-2-4-15(14)9-13/h1-6,9,16-17H,7-8,10-12H2,(H,20,21)(H,22,23). The second-order valence-corrected chi connectivity index (χ2v) is 6.10. The van der Waals surface area contributed by atoms with Crippen LogP contribution in [-0.2, 0) is 25.5 Å². The Bertz CT molecular complexity index is 754. The molecule has 0 spiro atoms. The van der Waals surface area contributed by atoms with Crippen molar-refractivity contribution in [3.63, 3.8) is 0 Å². The fraction of sp³-hybridized carbons (Fsp3) is 0.368. The number of nitrogens with one attached hydrogen (secondary N) is 1. The van der Waals surface area contributed by atoms with E-state index in [1.54, 1.807) is 0 Å². The van der Waals surface area contributed by atoms with Gasteiger partial charge in [0.25, 0.3) is 5.91 Å². The van der Waals surface area contributed by atoms with Crippen LogP contribution in [0.2, 0.25) is 0 Å². The summed E-state index contributed by atoms with van der Waals surface area (Å²) in [5, 5.41) is 14.3. The number of fused-ring (bicyclic) bond motifs is 1. The zero-order valence-corrected chi connectivity index (χ0v) is 13.8. The van der Waals surface area contributed by atoms with Crippen LogP contribution in [0, 0.1) is 5.92 Å². The van der Waals surface area contributed by atoms with Crippen molar-refractivity contribution in [3.05, 3.63) is 48.0 Å². The Morgan fingerprint density at radius 1 is 1.16 bits per heavy atom. The summed E-state index contributed by atoms with van der Waals surface area (Å²) >= 11 is 0. The van der Waals surface area contributed by atoms with Gasteiger partial charge in [-0.25, -0.2) is 0 Å². The van der Waals surface area contributed by atoms with Gasteiger partial charge < -0.3 is 19.9 Å². The molecule has 2 unspecified atom stereocenters. The Morgan fingerprint density at radius 2 is 1.96 bits per heavy atom. The third-order valence-corrected chi connectivity index (χ3v) is 4.28. The summed E-state index contributed by atoms with van der Waals surface area (Å²) in [6.45, 7) is 1.11. The molecule has 0 aromatic heterocycles. The first-order chi connectivity index (χ1) is 12.1. The summed E-state index contributed by atoms with van der Waals surface area (Å²) in [5.74, 6) is -1.96. The van der Waals surface area contributed by atoms with Crippen molar-refractivity contribution in [2.45, 2.75) is 12.5 Å². The minimum atomic E-state index is -0.936. The Kier molecular flexibility index (Phi) is 5.63. The number of amides is 1. The fourth-order valence-electron chi connectivity index (χ4n) is 2.87. The second-order valence-electron chi connectivity index (χ2n) is 6.10. The molecule has 1 fully saturated rings. The predicted octanol–water partition coefficient (Wildman–Crippen LogP) is 1.61. The van der Waals surface area contributed by atoms with Crippen molar-refractivity contribution < 1.29 is 24.2 Å². The number of rotatable bonds is 6. The van der Waals surface area contributed by atoms with E-state index in [0.29, 0.717) is 19.6 Å². The SMILES string of the molecule is O=C(O)C(CNC(=O)C1COCCO1)Cc1ccc2ccccc2c1. The maximum absolute atomic E-state index is 12.0. The Labute approximate surface area is 145 Å². The van der Waals surface area contributed by atoms with Crippen LogP contribution in [0.3, 0.4) is 0 Å². The highest BCUT2D eigenvalue weighted by molar-refractivity contribution is 5.83. The van der Waals surface area contributed by atoms with Gasteiger partial charge in [0.1, 0.15) is 0 Å². The smallest absolute Gasteiger partial charge is 0.308 e. The van der Waals surface area contributed by atoms with Crippen molar-refractivity contribution in [3.8, 4) is 0 Å². The molecule has 0 aliphatic carbocycles. The van der Waals surface area contributed by atoms with Crippen LogP contribution in [0.25, 0.3) is 10.8 Å². The molecule has 6 nitrogen and oxygen atoms in total. The Morgan fingerprint density at radius 3 is 2.68 bits per heavy atom. The van der Waals surface area contributed by atoms with E-state index in [9.17, 15) is 14.7 Å². The van der Waals surface area contributed by atoms with Gasteiger partial charge in [-0.2, -0.15) is 0 Å². The molecule has 2 aromatic carbocycles.